The molecule has 32 heavy (non-hydrogen) atoms. The lowest BCUT2D eigenvalue weighted by molar-refractivity contribution is 0.0939. The molecule has 2 rings (SSSR count). The summed E-state index contributed by atoms with van der Waals surface area (Å²) in [7, 11) is -3.65. The average molecular weight is 463 g/mol. The lowest BCUT2D eigenvalue weighted by Crippen LogP contribution is -2.28. The fraction of sp³-hybridized carbons (Fsp3) is 0.458. The number of carbonyl (C=O) groups excluding carboxylic acids is 1. The molecule has 0 heterocycles. The van der Waals surface area contributed by atoms with Crippen LogP contribution in [-0.4, -0.2) is 34.1 Å². The Morgan fingerprint density at radius 1 is 0.969 bits per heavy atom. The molecule has 0 radical (unpaired) electrons. The Labute approximate surface area is 191 Å². The van der Waals surface area contributed by atoms with E-state index in [9.17, 15) is 13.2 Å². The molecule has 176 valence electrons. The number of nitrogens with one attached hydrogen (secondary N) is 2. The highest BCUT2D eigenvalue weighted by atomic mass is 32.2. The molecule has 0 aliphatic carbocycles. The molecule has 1 amide bonds. The summed E-state index contributed by atoms with van der Waals surface area (Å²) in [5.74, 6) is 0.986. The van der Waals surface area contributed by atoms with Crippen LogP contribution in [0.25, 0.3) is 0 Å². The second-order valence-electron chi connectivity index (χ2n) is 7.58. The van der Waals surface area contributed by atoms with Crippen LogP contribution in [0, 0.1) is 6.92 Å². The van der Waals surface area contributed by atoms with Gasteiger partial charge in [-0.25, -0.2) is 13.1 Å². The summed E-state index contributed by atoms with van der Waals surface area (Å²) < 4.78 is 38.7. The Bertz CT molecular complexity index is 1020. The monoisotopic (exact) mass is 462 g/mol. The highest BCUT2D eigenvalue weighted by Gasteiger charge is 2.19. The minimum Gasteiger partial charge on any atom is -0.490 e. The summed E-state index contributed by atoms with van der Waals surface area (Å²) in [6.45, 7) is 10.9. The normalized spacial score (nSPS) is 12.3. The van der Waals surface area contributed by atoms with E-state index >= 15 is 0 Å². The van der Waals surface area contributed by atoms with E-state index in [0.717, 1.165) is 18.4 Å². The summed E-state index contributed by atoms with van der Waals surface area (Å²) in [5, 5.41) is 2.96. The van der Waals surface area contributed by atoms with Crippen LogP contribution in [0.4, 0.5) is 0 Å². The summed E-state index contributed by atoms with van der Waals surface area (Å²) >= 11 is 0. The van der Waals surface area contributed by atoms with Gasteiger partial charge < -0.3 is 14.8 Å². The standard InChI is InChI=1S/C24H34N2O5S/c1-6-13-30-22-12-10-19(15-23(22)31-14-7-2)18(5)26-24(27)21-16-20(11-9-17(21)4)32(28,29)25-8-3/h9-12,15-16,18,25H,6-8,13-14H2,1-5H3,(H,26,27). The molecule has 0 aliphatic heterocycles. The minimum atomic E-state index is -3.65. The van der Waals surface area contributed by atoms with E-state index < -0.39 is 10.0 Å². The van der Waals surface area contributed by atoms with Crippen molar-refractivity contribution in [2.45, 2.75) is 58.4 Å². The first-order chi connectivity index (χ1) is 15.2. The second kappa shape index (κ2) is 11.9. The van der Waals surface area contributed by atoms with Crippen LogP contribution >= 0.6 is 0 Å². The van der Waals surface area contributed by atoms with Crippen molar-refractivity contribution >= 4 is 15.9 Å². The zero-order valence-corrected chi connectivity index (χ0v) is 20.3. The zero-order chi connectivity index (χ0) is 23.7. The lowest BCUT2D eigenvalue weighted by atomic mass is 10.0. The first-order valence-electron chi connectivity index (χ1n) is 11.0. The van der Waals surface area contributed by atoms with Crippen molar-refractivity contribution < 1.29 is 22.7 Å². The lowest BCUT2D eigenvalue weighted by Gasteiger charge is -2.19. The fourth-order valence-electron chi connectivity index (χ4n) is 3.09. The van der Waals surface area contributed by atoms with Crippen molar-refractivity contribution in [1.82, 2.24) is 10.0 Å². The summed E-state index contributed by atoms with van der Waals surface area (Å²) in [4.78, 5) is 13.0. The Kier molecular flexibility index (Phi) is 9.53. The number of sulfonamides is 1. The number of amides is 1. The van der Waals surface area contributed by atoms with Crippen molar-refractivity contribution in [1.29, 1.82) is 0 Å². The van der Waals surface area contributed by atoms with Crippen LogP contribution < -0.4 is 19.5 Å². The van der Waals surface area contributed by atoms with Gasteiger partial charge in [0.15, 0.2) is 11.5 Å². The van der Waals surface area contributed by atoms with Gasteiger partial charge in [-0.2, -0.15) is 0 Å². The van der Waals surface area contributed by atoms with E-state index in [1.54, 1.807) is 19.9 Å². The van der Waals surface area contributed by atoms with Gasteiger partial charge in [0.05, 0.1) is 24.2 Å². The average Bonchev–Trinajstić information content (AvgIpc) is 2.76. The second-order valence-corrected chi connectivity index (χ2v) is 9.34. The Hall–Kier alpha value is -2.58. The molecule has 0 saturated heterocycles. The van der Waals surface area contributed by atoms with Crippen molar-refractivity contribution in [3.63, 3.8) is 0 Å². The predicted molar refractivity (Wildman–Crippen MR) is 126 cm³/mol. The van der Waals surface area contributed by atoms with E-state index in [2.05, 4.69) is 10.0 Å². The molecule has 7 nitrogen and oxygen atoms in total. The third-order valence-corrected chi connectivity index (χ3v) is 6.38. The van der Waals surface area contributed by atoms with Crippen molar-refractivity contribution in [3.8, 4) is 11.5 Å². The van der Waals surface area contributed by atoms with Crippen molar-refractivity contribution in [2.75, 3.05) is 19.8 Å². The van der Waals surface area contributed by atoms with Crippen molar-refractivity contribution in [2.24, 2.45) is 0 Å². The molecule has 2 aromatic carbocycles. The van der Waals surface area contributed by atoms with E-state index in [-0.39, 0.29) is 23.4 Å². The summed E-state index contributed by atoms with van der Waals surface area (Å²) in [6.07, 6.45) is 1.76. The topological polar surface area (TPSA) is 93.7 Å². The number of ether oxygens (including phenoxy) is 2. The molecule has 1 unspecified atom stereocenters. The van der Waals surface area contributed by atoms with Gasteiger partial charge >= 0.3 is 0 Å². The number of carbonyl (C=O) groups is 1. The highest BCUT2D eigenvalue weighted by Crippen LogP contribution is 2.31. The molecule has 0 bridgehead atoms. The van der Waals surface area contributed by atoms with Crippen molar-refractivity contribution in [3.05, 3.63) is 53.1 Å². The van der Waals surface area contributed by atoms with Gasteiger partial charge in [-0.3, -0.25) is 4.79 Å². The molecule has 0 aromatic heterocycles. The molecule has 8 heteroatoms. The number of hydrogen-bond donors (Lipinski definition) is 2. The van der Waals surface area contributed by atoms with E-state index in [0.29, 0.717) is 35.8 Å². The number of hydrogen-bond acceptors (Lipinski definition) is 5. The van der Waals surface area contributed by atoms with Gasteiger partial charge in [-0.1, -0.05) is 32.9 Å². The van der Waals surface area contributed by atoms with Gasteiger partial charge in [-0.05, 0) is 62.1 Å². The van der Waals surface area contributed by atoms with Crippen LogP contribution in [0.5, 0.6) is 11.5 Å². The van der Waals surface area contributed by atoms with Crippen LogP contribution in [0.1, 0.15) is 68.1 Å². The maximum atomic E-state index is 13.0. The number of benzene rings is 2. The zero-order valence-electron chi connectivity index (χ0n) is 19.5. The predicted octanol–water partition coefficient (Wildman–Crippen LogP) is 4.36. The van der Waals surface area contributed by atoms with E-state index in [1.807, 2.05) is 39.0 Å². The summed E-state index contributed by atoms with van der Waals surface area (Å²) in [6, 6.07) is 9.86. The first kappa shape index (κ1) is 25.7. The van der Waals surface area contributed by atoms with Gasteiger partial charge in [0.25, 0.3) is 5.91 Å². The molecular formula is C24H34N2O5S. The van der Waals surface area contributed by atoms with Gasteiger partial charge in [-0.15, -0.1) is 0 Å². The number of aryl methyl sites for hydroxylation is 1. The molecular weight excluding hydrogens is 428 g/mol. The van der Waals surface area contributed by atoms with Crippen LogP contribution in [0.15, 0.2) is 41.3 Å². The Morgan fingerprint density at radius 3 is 2.25 bits per heavy atom. The van der Waals surface area contributed by atoms with E-state index in [1.165, 1.54) is 12.1 Å². The molecule has 0 saturated carbocycles. The molecule has 0 aliphatic rings. The largest absolute Gasteiger partial charge is 0.490 e. The van der Waals surface area contributed by atoms with E-state index in [4.69, 9.17) is 9.47 Å². The molecule has 1 atom stereocenters. The SMILES string of the molecule is CCCOc1ccc(C(C)NC(=O)c2cc(S(=O)(=O)NCC)ccc2C)cc1OCCC. The quantitative estimate of drug-likeness (QED) is 0.489. The van der Waals surface area contributed by atoms with Crippen LogP contribution in [-0.2, 0) is 10.0 Å². The fourth-order valence-corrected chi connectivity index (χ4v) is 4.16. The molecule has 2 aromatic rings. The van der Waals surface area contributed by atoms with Gasteiger partial charge in [0, 0.05) is 12.1 Å². The maximum absolute atomic E-state index is 13.0. The third kappa shape index (κ3) is 6.71. The molecule has 2 N–H and O–H groups in total. The molecule has 0 spiro atoms. The number of rotatable bonds is 12. The smallest absolute Gasteiger partial charge is 0.252 e. The first-order valence-corrected chi connectivity index (χ1v) is 12.5. The van der Waals surface area contributed by atoms with Gasteiger partial charge in [0.1, 0.15) is 0 Å². The third-order valence-electron chi connectivity index (χ3n) is 4.84. The molecule has 0 fully saturated rings. The minimum absolute atomic E-state index is 0.0652. The summed E-state index contributed by atoms with van der Waals surface area (Å²) in [5.41, 5.74) is 1.88. The highest BCUT2D eigenvalue weighted by molar-refractivity contribution is 7.89. The van der Waals surface area contributed by atoms with Gasteiger partial charge in [0.2, 0.25) is 10.0 Å². The van der Waals surface area contributed by atoms with Crippen LogP contribution in [0.2, 0.25) is 0 Å². The Balaban J connectivity index is 2.25. The van der Waals surface area contributed by atoms with Crippen LogP contribution in [0.3, 0.4) is 0 Å². The Morgan fingerprint density at radius 2 is 1.62 bits per heavy atom. The maximum Gasteiger partial charge on any atom is 0.252 e.